The second-order valence-electron chi connectivity index (χ2n) is 9.14. The Labute approximate surface area is 215 Å². The highest BCUT2D eigenvalue weighted by Gasteiger charge is 2.33. The van der Waals surface area contributed by atoms with Crippen LogP contribution in [0.4, 0.5) is 13.2 Å². The summed E-state index contributed by atoms with van der Waals surface area (Å²) < 4.78 is 44.8. The van der Waals surface area contributed by atoms with E-state index in [4.69, 9.17) is 9.97 Å². The smallest absolute Gasteiger partial charge is 0.290 e. The lowest BCUT2D eigenvalue weighted by Crippen LogP contribution is -2.04. The van der Waals surface area contributed by atoms with Crippen LogP contribution in [0.3, 0.4) is 0 Å². The molecule has 37 heavy (non-hydrogen) atoms. The topological polar surface area (TPSA) is 34.6 Å². The Kier molecular flexibility index (Phi) is 4.05. The van der Waals surface area contributed by atoms with Gasteiger partial charge in [-0.3, -0.25) is 8.80 Å². The molecule has 0 amide bonds. The number of aromatic nitrogens is 4. The minimum Gasteiger partial charge on any atom is -0.290 e. The summed E-state index contributed by atoms with van der Waals surface area (Å²) in [4.78, 5) is 12.0. The molecule has 0 aliphatic heterocycles. The maximum absolute atomic E-state index is 13.5. The maximum atomic E-state index is 13.5. The maximum Gasteiger partial charge on any atom is 0.416 e. The van der Waals surface area contributed by atoms with E-state index in [0.29, 0.717) is 16.7 Å². The van der Waals surface area contributed by atoms with Crippen LogP contribution in [0.2, 0.25) is 0 Å². The number of hydrogen-bond acceptors (Lipinski definition) is 4. The van der Waals surface area contributed by atoms with Crippen molar-refractivity contribution in [2.75, 3.05) is 0 Å². The molecular weight excluding hydrogens is 513 g/mol. The molecule has 0 saturated carbocycles. The molecule has 0 saturated heterocycles. The van der Waals surface area contributed by atoms with Crippen LogP contribution in [-0.4, -0.2) is 18.8 Å². The summed E-state index contributed by atoms with van der Waals surface area (Å²) in [6, 6.07) is 18.1. The van der Waals surface area contributed by atoms with E-state index < -0.39 is 11.7 Å². The highest BCUT2D eigenvalue weighted by atomic mass is 32.1. The molecule has 4 nitrogen and oxygen atoms in total. The van der Waals surface area contributed by atoms with Crippen LogP contribution in [0.25, 0.3) is 65.3 Å². The minimum atomic E-state index is -4.44. The molecule has 2 aromatic carbocycles. The molecule has 9 heteroatoms. The number of alkyl halides is 3. The summed E-state index contributed by atoms with van der Waals surface area (Å²) in [6.45, 7) is 2.05. The lowest BCUT2D eigenvalue weighted by Gasteiger charge is -2.06. The zero-order chi connectivity index (χ0) is 25.1. The van der Waals surface area contributed by atoms with Gasteiger partial charge >= 0.3 is 6.18 Å². The molecule has 0 atom stereocenters. The first-order valence-corrected chi connectivity index (χ1v) is 13.3. The predicted molar refractivity (Wildman–Crippen MR) is 144 cm³/mol. The van der Waals surface area contributed by atoms with E-state index in [9.17, 15) is 13.2 Å². The third kappa shape index (κ3) is 2.78. The van der Waals surface area contributed by atoms with Gasteiger partial charge in [0.05, 0.1) is 59.5 Å². The van der Waals surface area contributed by atoms with Crippen LogP contribution in [0.1, 0.15) is 11.1 Å². The Hall–Kier alpha value is -3.95. The SMILES string of the molecule is Cc1ccc2c(c1)nc1c3c(-c4cccs4)n4c5ccc(C(F)(F)F)cc5nc4c3c(-c3cccs3)n21. The van der Waals surface area contributed by atoms with Gasteiger partial charge in [-0.2, -0.15) is 13.2 Å². The number of rotatable bonds is 2. The van der Waals surface area contributed by atoms with E-state index in [1.807, 2.05) is 40.3 Å². The van der Waals surface area contributed by atoms with Gasteiger partial charge in [0.1, 0.15) is 11.3 Å². The van der Waals surface area contributed by atoms with E-state index in [0.717, 1.165) is 66.3 Å². The van der Waals surface area contributed by atoms with Gasteiger partial charge in [-0.05, 0) is 65.7 Å². The number of benzene rings is 2. The lowest BCUT2D eigenvalue weighted by atomic mass is 10.1. The summed E-state index contributed by atoms with van der Waals surface area (Å²) in [7, 11) is 0. The third-order valence-electron chi connectivity index (χ3n) is 6.92. The molecule has 0 aliphatic rings. The molecule has 6 heterocycles. The van der Waals surface area contributed by atoms with Gasteiger partial charge in [-0.25, -0.2) is 9.97 Å². The molecule has 6 aromatic heterocycles. The summed E-state index contributed by atoms with van der Waals surface area (Å²) in [5.41, 5.74) is 6.63. The van der Waals surface area contributed by atoms with Crippen molar-refractivity contribution in [3.63, 3.8) is 0 Å². The zero-order valence-electron chi connectivity index (χ0n) is 19.2. The predicted octanol–water partition coefficient (Wildman–Crippen LogP) is 8.66. The van der Waals surface area contributed by atoms with Crippen molar-refractivity contribution in [2.24, 2.45) is 0 Å². The number of halogens is 3. The molecule has 0 fully saturated rings. The first-order chi connectivity index (χ1) is 17.9. The average molecular weight is 529 g/mol. The standard InChI is InChI=1S/C28H15F3N4S2/c1-14-6-8-18-16(12-14)32-26-22-23(24(34(18)26)20-4-2-10-36-20)27-33-17-13-15(28(29,30)31)7-9-19(17)35(27)25(22)21-5-3-11-37-21/h2-13H,1H3. The Bertz CT molecular complexity index is 2130. The second kappa shape index (κ2) is 7.08. The fourth-order valence-corrected chi connectivity index (χ4v) is 6.96. The van der Waals surface area contributed by atoms with Crippen molar-refractivity contribution in [2.45, 2.75) is 13.1 Å². The van der Waals surface area contributed by atoms with Gasteiger partial charge in [0.25, 0.3) is 0 Å². The van der Waals surface area contributed by atoms with Gasteiger partial charge in [-0.1, -0.05) is 18.2 Å². The lowest BCUT2D eigenvalue weighted by molar-refractivity contribution is -0.137. The molecule has 0 unspecified atom stereocenters. The highest BCUT2D eigenvalue weighted by molar-refractivity contribution is 7.14. The normalized spacial score (nSPS) is 12.9. The van der Waals surface area contributed by atoms with E-state index in [2.05, 4.69) is 28.7 Å². The summed E-state index contributed by atoms with van der Waals surface area (Å²) in [5.74, 6) is 0. The van der Waals surface area contributed by atoms with Gasteiger partial charge < -0.3 is 0 Å². The molecule has 0 spiro atoms. The van der Waals surface area contributed by atoms with Gasteiger partial charge in [0.2, 0.25) is 0 Å². The quantitative estimate of drug-likeness (QED) is 0.225. The Morgan fingerprint density at radius 2 is 1.24 bits per heavy atom. The van der Waals surface area contributed by atoms with Crippen LogP contribution < -0.4 is 0 Å². The Balaban J connectivity index is 1.64. The van der Waals surface area contributed by atoms with Crippen LogP contribution in [-0.2, 0) is 6.18 Å². The van der Waals surface area contributed by atoms with Crippen LogP contribution in [0, 0.1) is 6.92 Å². The molecule has 8 rings (SSSR count). The number of fused-ring (bicyclic) bond motifs is 9. The number of nitrogens with zero attached hydrogens (tertiary/aromatic N) is 4. The average Bonchev–Trinajstić information content (AvgIpc) is 3.67. The molecule has 0 radical (unpaired) electrons. The second-order valence-corrected chi connectivity index (χ2v) is 11.0. The van der Waals surface area contributed by atoms with E-state index in [1.165, 1.54) is 6.07 Å². The molecule has 0 bridgehead atoms. The number of aryl methyl sites for hydroxylation is 1. The van der Waals surface area contributed by atoms with Crippen molar-refractivity contribution in [1.82, 2.24) is 18.8 Å². The Morgan fingerprint density at radius 3 is 1.76 bits per heavy atom. The number of imidazole rings is 2. The van der Waals surface area contributed by atoms with Crippen LogP contribution >= 0.6 is 22.7 Å². The van der Waals surface area contributed by atoms with Gasteiger partial charge in [-0.15, -0.1) is 22.7 Å². The van der Waals surface area contributed by atoms with E-state index >= 15 is 0 Å². The monoisotopic (exact) mass is 528 g/mol. The third-order valence-corrected chi connectivity index (χ3v) is 8.67. The van der Waals surface area contributed by atoms with E-state index in [1.54, 1.807) is 22.7 Å². The number of thiophene rings is 2. The molecular formula is C28H15F3N4S2. The van der Waals surface area contributed by atoms with Crippen molar-refractivity contribution < 1.29 is 13.2 Å². The largest absolute Gasteiger partial charge is 0.416 e. The Morgan fingerprint density at radius 1 is 0.703 bits per heavy atom. The molecule has 8 aromatic rings. The van der Waals surface area contributed by atoms with Gasteiger partial charge in [0, 0.05) is 0 Å². The first kappa shape index (κ1) is 21.2. The molecule has 0 aliphatic carbocycles. The molecule has 0 N–H and O–H groups in total. The minimum absolute atomic E-state index is 0.320. The van der Waals surface area contributed by atoms with Crippen molar-refractivity contribution in [3.8, 4) is 21.1 Å². The zero-order valence-corrected chi connectivity index (χ0v) is 20.8. The fourth-order valence-electron chi connectivity index (χ4n) is 5.42. The van der Waals surface area contributed by atoms with E-state index in [-0.39, 0.29) is 0 Å². The fraction of sp³-hybridized carbons (Fsp3) is 0.0714. The van der Waals surface area contributed by atoms with Crippen molar-refractivity contribution in [1.29, 1.82) is 0 Å². The van der Waals surface area contributed by atoms with Gasteiger partial charge in [0.15, 0.2) is 0 Å². The highest BCUT2D eigenvalue weighted by Crippen LogP contribution is 2.48. The summed E-state index contributed by atoms with van der Waals surface area (Å²) >= 11 is 3.21. The number of hydrogen-bond donors (Lipinski definition) is 0. The summed E-state index contributed by atoms with van der Waals surface area (Å²) in [5, 5.41) is 5.90. The van der Waals surface area contributed by atoms with Crippen molar-refractivity contribution >= 4 is 66.8 Å². The molecule has 180 valence electrons. The summed E-state index contributed by atoms with van der Waals surface area (Å²) in [6.07, 6.45) is -4.44. The van der Waals surface area contributed by atoms with Crippen LogP contribution in [0.15, 0.2) is 71.4 Å². The first-order valence-electron chi connectivity index (χ1n) is 11.6. The van der Waals surface area contributed by atoms with Crippen molar-refractivity contribution in [3.05, 3.63) is 82.6 Å². The van der Waals surface area contributed by atoms with Crippen LogP contribution in [0.5, 0.6) is 0 Å².